The predicted molar refractivity (Wildman–Crippen MR) is 85.6 cm³/mol. The molecule has 0 aliphatic heterocycles. The summed E-state index contributed by atoms with van der Waals surface area (Å²) in [5.41, 5.74) is 2.82. The number of hydrogen-bond donors (Lipinski definition) is 0. The van der Waals surface area contributed by atoms with Gasteiger partial charge in [0.2, 0.25) is 0 Å². The minimum Gasteiger partial charge on any atom is -0.0654 e. The highest BCUT2D eigenvalue weighted by molar-refractivity contribution is 5.24. The first-order valence-corrected chi connectivity index (χ1v) is 8.30. The van der Waals surface area contributed by atoms with E-state index in [0.29, 0.717) is 0 Å². The van der Waals surface area contributed by atoms with Gasteiger partial charge in [-0.15, -0.1) is 0 Å². The number of hydrogen-bond acceptors (Lipinski definition) is 0. The minimum absolute atomic E-state index is 1.24. The molecule has 1 aromatic carbocycles. The second-order valence-corrected chi connectivity index (χ2v) is 5.75. The van der Waals surface area contributed by atoms with Crippen molar-refractivity contribution in [1.82, 2.24) is 0 Å². The lowest BCUT2D eigenvalue weighted by atomic mass is 10.0. The Morgan fingerprint density at radius 3 is 2.00 bits per heavy atom. The van der Waals surface area contributed by atoms with Crippen molar-refractivity contribution in [2.24, 2.45) is 0 Å². The summed E-state index contributed by atoms with van der Waals surface area (Å²) in [6.07, 6.45) is 15.4. The highest BCUT2D eigenvalue weighted by atomic mass is 14.0. The van der Waals surface area contributed by atoms with E-state index in [0.717, 1.165) is 0 Å². The van der Waals surface area contributed by atoms with E-state index in [9.17, 15) is 0 Å². The minimum atomic E-state index is 1.24. The van der Waals surface area contributed by atoms with Crippen molar-refractivity contribution in [3.8, 4) is 0 Å². The standard InChI is InChI=1S/C19H31/c1-3-4-5-6-7-8-9-10-11-12-16-19-17-14-13-15-18(19)2/h13-14,17H,3-12,16H2,1-2H3. The van der Waals surface area contributed by atoms with Gasteiger partial charge in [-0.3, -0.25) is 0 Å². The van der Waals surface area contributed by atoms with Gasteiger partial charge in [0.1, 0.15) is 0 Å². The molecule has 0 spiro atoms. The summed E-state index contributed by atoms with van der Waals surface area (Å²) in [6.45, 7) is 4.46. The molecule has 0 heterocycles. The Labute approximate surface area is 120 Å². The van der Waals surface area contributed by atoms with Crippen LogP contribution in [-0.2, 0) is 6.42 Å². The molecule has 0 nitrogen and oxygen atoms in total. The van der Waals surface area contributed by atoms with Crippen LogP contribution < -0.4 is 0 Å². The smallest absolute Gasteiger partial charge is 0.0149 e. The third-order valence-corrected chi connectivity index (χ3v) is 3.97. The van der Waals surface area contributed by atoms with Crippen molar-refractivity contribution in [3.05, 3.63) is 35.4 Å². The molecule has 0 unspecified atom stereocenters. The molecule has 0 N–H and O–H groups in total. The quantitative estimate of drug-likeness (QED) is 0.411. The van der Waals surface area contributed by atoms with Crippen LogP contribution >= 0.6 is 0 Å². The van der Waals surface area contributed by atoms with Gasteiger partial charge in [0.25, 0.3) is 0 Å². The first-order valence-electron chi connectivity index (χ1n) is 8.30. The molecule has 0 atom stereocenters. The molecule has 0 aromatic heterocycles. The van der Waals surface area contributed by atoms with Crippen LogP contribution in [0.3, 0.4) is 0 Å². The average Bonchev–Trinajstić information content (AvgIpc) is 2.43. The Morgan fingerprint density at radius 2 is 1.42 bits per heavy atom. The van der Waals surface area contributed by atoms with Crippen LogP contribution in [0.25, 0.3) is 0 Å². The fraction of sp³-hybridized carbons (Fsp3) is 0.684. The summed E-state index contributed by atoms with van der Waals surface area (Å²) in [6, 6.07) is 9.66. The molecule has 1 rings (SSSR count). The van der Waals surface area contributed by atoms with E-state index in [4.69, 9.17) is 0 Å². The molecule has 107 valence electrons. The molecule has 1 radical (unpaired) electrons. The molecule has 19 heavy (non-hydrogen) atoms. The number of benzene rings is 1. The Kier molecular flexibility index (Phi) is 9.49. The molecule has 0 saturated heterocycles. The van der Waals surface area contributed by atoms with Gasteiger partial charge in [0, 0.05) is 0 Å². The second-order valence-electron chi connectivity index (χ2n) is 5.75. The first kappa shape index (κ1) is 16.3. The maximum Gasteiger partial charge on any atom is -0.0149 e. The van der Waals surface area contributed by atoms with E-state index in [1.807, 2.05) is 6.07 Å². The lowest BCUT2D eigenvalue weighted by Crippen LogP contribution is -1.90. The lowest BCUT2D eigenvalue weighted by Gasteiger charge is -2.05. The van der Waals surface area contributed by atoms with Crippen LogP contribution in [0.1, 0.15) is 82.3 Å². The maximum absolute atomic E-state index is 3.29. The Hall–Kier alpha value is -0.780. The summed E-state index contributed by atoms with van der Waals surface area (Å²) < 4.78 is 0. The highest BCUT2D eigenvalue weighted by Gasteiger charge is 1.97. The maximum atomic E-state index is 3.29. The average molecular weight is 259 g/mol. The lowest BCUT2D eigenvalue weighted by molar-refractivity contribution is 0.556. The van der Waals surface area contributed by atoms with Crippen molar-refractivity contribution in [2.75, 3.05) is 0 Å². The van der Waals surface area contributed by atoms with Gasteiger partial charge in [-0.1, -0.05) is 82.9 Å². The fourth-order valence-electron chi connectivity index (χ4n) is 2.63. The van der Waals surface area contributed by atoms with E-state index in [2.05, 4.69) is 32.0 Å². The molecule has 0 aliphatic carbocycles. The zero-order valence-corrected chi connectivity index (χ0v) is 13.0. The van der Waals surface area contributed by atoms with Crippen molar-refractivity contribution in [1.29, 1.82) is 0 Å². The van der Waals surface area contributed by atoms with E-state index in [1.165, 1.54) is 81.8 Å². The zero-order valence-electron chi connectivity index (χ0n) is 13.0. The van der Waals surface area contributed by atoms with Crippen molar-refractivity contribution < 1.29 is 0 Å². The van der Waals surface area contributed by atoms with Crippen molar-refractivity contribution in [2.45, 2.75) is 84.5 Å². The van der Waals surface area contributed by atoms with E-state index in [1.54, 1.807) is 0 Å². The van der Waals surface area contributed by atoms with E-state index < -0.39 is 0 Å². The SMILES string of the molecule is CCCCCCCCCCCCc1ccc[c]c1C. The molecular weight excluding hydrogens is 228 g/mol. The molecule has 0 bridgehead atoms. The zero-order chi connectivity index (χ0) is 13.8. The van der Waals surface area contributed by atoms with Crippen LogP contribution in [0.2, 0.25) is 0 Å². The normalized spacial score (nSPS) is 10.8. The first-order chi connectivity index (χ1) is 9.34. The predicted octanol–water partition coefficient (Wildman–Crippen LogP) is 6.26. The Morgan fingerprint density at radius 1 is 0.842 bits per heavy atom. The monoisotopic (exact) mass is 259 g/mol. The van der Waals surface area contributed by atoms with E-state index >= 15 is 0 Å². The number of unbranched alkanes of at least 4 members (excludes halogenated alkanes) is 9. The van der Waals surface area contributed by atoms with Crippen LogP contribution in [0.15, 0.2) is 18.2 Å². The topological polar surface area (TPSA) is 0 Å². The van der Waals surface area contributed by atoms with Crippen LogP contribution in [0.5, 0.6) is 0 Å². The van der Waals surface area contributed by atoms with Gasteiger partial charge in [-0.25, -0.2) is 0 Å². The highest BCUT2D eigenvalue weighted by Crippen LogP contribution is 2.14. The van der Waals surface area contributed by atoms with Gasteiger partial charge in [0.05, 0.1) is 0 Å². The Bertz CT molecular complexity index is 314. The van der Waals surface area contributed by atoms with Gasteiger partial charge in [-0.05, 0) is 37.0 Å². The summed E-state index contributed by atoms with van der Waals surface area (Å²) in [4.78, 5) is 0. The third-order valence-electron chi connectivity index (χ3n) is 3.97. The molecule has 0 aliphatic rings. The number of rotatable bonds is 11. The third kappa shape index (κ3) is 8.08. The summed E-state index contributed by atoms with van der Waals surface area (Å²) >= 11 is 0. The summed E-state index contributed by atoms with van der Waals surface area (Å²) in [5, 5.41) is 0. The van der Waals surface area contributed by atoms with Crippen LogP contribution in [-0.4, -0.2) is 0 Å². The molecule has 0 saturated carbocycles. The number of aryl methyl sites for hydroxylation is 2. The Balaban J connectivity index is 1.90. The van der Waals surface area contributed by atoms with Crippen LogP contribution in [0.4, 0.5) is 0 Å². The molecule has 1 aromatic rings. The molecule has 0 amide bonds. The summed E-state index contributed by atoms with van der Waals surface area (Å²) in [7, 11) is 0. The largest absolute Gasteiger partial charge is 0.0654 e. The molecular formula is C19H31. The van der Waals surface area contributed by atoms with Crippen molar-refractivity contribution >= 4 is 0 Å². The second kappa shape index (κ2) is 11.1. The fourth-order valence-corrected chi connectivity index (χ4v) is 2.63. The van der Waals surface area contributed by atoms with Gasteiger partial charge in [-0.2, -0.15) is 0 Å². The summed E-state index contributed by atoms with van der Waals surface area (Å²) in [5.74, 6) is 0. The van der Waals surface area contributed by atoms with Crippen LogP contribution in [0, 0.1) is 13.0 Å². The van der Waals surface area contributed by atoms with Gasteiger partial charge in [0.15, 0.2) is 0 Å². The van der Waals surface area contributed by atoms with Gasteiger partial charge >= 0.3 is 0 Å². The van der Waals surface area contributed by atoms with E-state index in [-0.39, 0.29) is 0 Å². The van der Waals surface area contributed by atoms with Crippen molar-refractivity contribution in [3.63, 3.8) is 0 Å². The molecule has 0 heteroatoms. The van der Waals surface area contributed by atoms with Gasteiger partial charge < -0.3 is 0 Å². The molecule has 0 fully saturated rings.